The number of halogens is 1. The molecule has 0 radical (unpaired) electrons. The van der Waals surface area contributed by atoms with Crippen molar-refractivity contribution in [1.29, 1.82) is 0 Å². The minimum absolute atomic E-state index is 0.163. The first-order valence-corrected chi connectivity index (χ1v) is 5.41. The SMILES string of the molecule is CC(Cl)CCN(C)C(=O)CC1CC1. The van der Waals surface area contributed by atoms with Gasteiger partial charge in [-0.2, -0.15) is 0 Å². The molecule has 3 heteroatoms. The van der Waals surface area contributed by atoms with Crippen molar-refractivity contribution in [3.05, 3.63) is 0 Å². The molecule has 13 heavy (non-hydrogen) atoms. The second-order valence-electron chi connectivity index (χ2n) is 4.03. The molecule has 0 spiro atoms. The van der Waals surface area contributed by atoms with Gasteiger partial charge in [-0.05, 0) is 32.1 Å². The van der Waals surface area contributed by atoms with E-state index in [-0.39, 0.29) is 11.3 Å². The molecule has 1 fully saturated rings. The van der Waals surface area contributed by atoms with Gasteiger partial charge in [0, 0.05) is 25.4 Å². The molecule has 0 bridgehead atoms. The number of carbonyl (C=O) groups is 1. The van der Waals surface area contributed by atoms with Crippen LogP contribution in [0.4, 0.5) is 0 Å². The third kappa shape index (κ3) is 4.51. The zero-order valence-corrected chi connectivity index (χ0v) is 9.18. The Bertz CT molecular complexity index is 178. The van der Waals surface area contributed by atoms with Gasteiger partial charge < -0.3 is 4.90 Å². The smallest absolute Gasteiger partial charge is 0.222 e. The van der Waals surface area contributed by atoms with E-state index in [1.54, 1.807) is 4.90 Å². The highest BCUT2D eigenvalue weighted by Crippen LogP contribution is 2.32. The maximum Gasteiger partial charge on any atom is 0.222 e. The zero-order chi connectivity index (χ0) is 9.84. The van der Waals surface area contributed by atoms with Crippen molar-refractivity contribution in [1.82, 2.24) is 4.90 Å². The van der Waals surface area contributed by atoms with Crippen LogP contribution in [0.3, 0.4) is 0 Å². The second-order valence-corrected chi connectivity index (χ2v) is 4.78. The van der Waals surface area contributed by atoms with Crippen LogP contribution in [0.2, 0.25) is 0 Å². The number of nitrogens with zero attached hydrogens (tertiary/aromatic N) is 1. The van der Waals surface area contributed by atoms with Crippen molar-refractivity contribution >= 4 is 17.5 Å². The van der Waals surface area contributed by atoms with Gasteiger partial charge in [-0.15, -0.1) is 11.6 Å². The highest BCUT2D eigenvalue weighted by atomic mass is 35.5. The normalized spacial score (nSPS) is 18.4. The third-order valence-electron chi connectivity index (χ3n) is 2.45. The number of hydrogen-bond acceptors (Lipinski definition) is 1. The molecule has 0 N–H and O–H groups in total. The summed E-state index contributed by atoms with van der Waals surface area (Å²) in [6.07, 6.45) is 4.11. The topological polar surface area (TPSA) is 20.3 Å². The lowest BCUT2D eigenvalue weighted by Gasteiger charge is -2.17. The molecule has 1 saturated carbocycles. The van der Waals surface area contributed by atoms with Crippen LogP contribution < -0.4 is 0 Å². The fraction of sp³-hybridized carbons (Fsp3) is 0.900. The largest absolute Gasteiger partial charge is 0.346 e. The summed E-state index contributed by atoms with van der Waals surface area (Å²) in [5.41, 5.74) is 0. The van der Waals surface area contributed by atoms with Crippen molar-refractivity contribution in [3.63, 3.8) is 0 Å². The van der Waals surface area contributed by atoms with Crippen LogP contribution in [0.5, 0.6) is 0 Å². The molecule has 2 nitrogen and oxygen atoms in total. The van der Waals surface area contributed by atoms with Gasteiger partial charge in [0.2, 0.25) is 5.91 Å². The van der Waals surface area contributed by atoms with Crippen LogP contribution in [0.15, 0.2) is 0 Å². The monoisotopic (exact) mass is 203 g/mol. The third-order valence-corrected chi connectivity index (χ3v) is 2.67. The number of hydrogen-bond donors (Lipinski definition) is 0. The van der Waals surface area contributed by atoms with Crippen LogP contribution in [-0.4, -0.2) is 29.8 Å². The van der Waals surface area contributed by atoms with E-state index in [2.05, 4.69) is 0 Å². The molecule has 0 heterocycles. The molecular formula is C10H18ClNO. The van der Waals surface area contributed by atoms with E-state index in [4.69, 9.17) is 11.6 Å². The molecule has 1 rings (SSSR count). The highest BCUT2D eigenvalue weighted by molar-refractivity contribution is 6.20. The van der Waals surface area contributed by atoms with Gasteiger partial charge in [-0.1, -0.05) is 0 Å². The summed E-state index contributed by atoms with van der Waals surface area (Å²) in [6, 6.07) is 0. The first-order chi connectivity index (χ1) is 6.09. The van der Waals surface area contributed by atoms with Crippen LogP contribution >= 0.6 is 11.6 Å². The summed E-state index contributed by atoms with van der Waals surface area (Å²) in [5, 5.41) is 0.163. The van der Waals surface area contributed by atoms with E-state index in [0.717, 1.165) is 19.4 Å². The van der Waals surface area contributed by atoms with Gasteiger partial charge in [0.1, 0.15) is 0 Å². The van der Waals surface area contributed by atoms with E-state index in [1.807, 2.05) is 14.0 Å². The molecule has 1 unspecified atom stereocenters. The Morgan fingerprint density at radius 3 is 2.69 bits per heavy atom. The molecule has 1 amide bonds. The minimum Gasteiger partial charge on any atom is -0.346 e. The molecule has 76 valence electrons. The fourth-order valence-corrected chi connectivity index (χ4v) is 1.32. The van der Waals surface area contributed by atoms with E-state index in [1.165, 1.54) is 12.8 Å². The van der Waals surface area contributed by atoms with E-state index >= 15 is 0 Å². The number of alkyl halides is 1. The Labute approximate surface area is 85.2 Å². The molecule has 0 aromatic heterocycles. The van der Waals surface area contributed by atoms with Crippen LogP contribution in [-0.2, 0) is 4.79 Å². The van der Waals surface area contributed by atoms with Crippen molar-refractivity contribution in [2.75, 3.05) is 13.6 Å². The summed E-state index contributed by atoms with van der Waals surface area (Å²) in [7, 11) is 1.87. The summed E-state index contributed by atoms with van der Waals surface area (Å²) in [4.78, 5) is 13.3. The Balaban J connectivity index is 2.12. The van der Waals surface area contributed by atoms with Gasteiger partial charge in [-0.3, -0.25) is 4.79 Å². The van der Waals surface area contributed by atoms with E-state index < -0.39 is 0 Å². The second kappa shape index (κ2) is 4.85. The van der Waals surface area contributed by atoms with Gasteiger partial charge >= 0.3 is 0 Å². The lowest BCUT2D eigenvalue weighted by Crippen LogP contribution is -2.28. The molecular weight excluding hydrogens is 186 g/mol. The Kier molecular flexibility index (Phi) is 4.04. The van der Waals surface area contributed by atoms with Crippen molar-refractivity contribution in [2.45, 2.75) is 38.0 Å². The maximum atomic E-state index is 11.5. The minimum atomic E-state index is 0.163. The fourth-order valence-electron chi connectivity index (χ4n) is 1.22. The molecule has 1 aliphatic carbocycles. The first-order valence-electron chi connectivity index (χ1n) is 4.97. The van der Waals surface area contributed by atoms with E-state index in [9.17, 15) is 4.79 Å². The molecule has 0 saturated heterocycles. The van der Waals surface area contributed by atoms with Crippen molar-refractivity contribution in [2.24, 2.45) is 5.92 Å². The summed E-state index contributed by atoms with van der Waals surface area (Å²) >= 11 is 5.81. The van der Waals surface area contributed by atoms with Crippen molar-refractivity contribution < 1.29 is 4.79 Å². The number of amides is 1. The summed E-state index contributed by atoms with van der Waals surface area (Å²) < 4.78 is 0. The van der Waals surface area contributed by atoms with Gasteiger partial charge in [0.05, 0.1) is 0 Å². The van der Waals surface area contributed by atoms with Gasteiger partial charge in [0.25, 0.3) is 0 Å². The average molecular weight is 204 g/mol. The lowest BCUT2D eigenvalue weighted by atomic mass is 10.2. The molecule has 0 aromatic carbocycles. The molecule has 1 aliphatic rings. The molecule has 0 aliphatic heterocycles. The van der Waals surface area contributed by atoms with Crippen LogP contribution in [0, 0.1) is 5.92 Å². The first kappa shape index (κ1) is 10.8. The van der Waals surface area contributed by atoms with Crippen molar-refractivity contribution in [3.8, 4) is 0 Å². The van der Waals surface area contributed by atoms with Gasteiger partial charge in [0.15, 0.2) is 0 Å². The summed E-state index contributed by atoms with van der Waals surface area (Å²) in [5.74, 6) is 0.961. The quantitative estimate of drug-likeness (QED) is 0.628. The standard InChI is InChI=1S/C10H18ClNO/c1-8(11)5-6-12(2)10(13)7-9-3-4-9/h8-9H,3-7H2,1-2H3. The zero-order valence-electron chi connectivity index (χ0n) is 8.42. The lowest BCUT2D eigenvalue weighted by molar-refractivity contribution is -0.130. The Morgan fingerprint density at radius 2 is 2.23 bits per heavy atom. The molecule has 0 aromatic rings. The Hall–Kier alpha value is -0.240. The maximum absolute atomic E-state index is 11.5. The van der Waals surface area contributed by atoms with Crippen LogP contribution in [0.25, 0.3) is 0 Å². The number of carbonyl (C=O) groups excluding carboxylic acids is 1. The van der Waals surface area contributed by atoms with Gasteiger partial charge in [-0.25, -0.2) is 0 Å². The van der Waals surface area contributed by atoms with E-state index in [0.29, 0.717) is 5.92 Å². The van der Waals surface area contributed by atoms with Crippen LogP contribution in [0.1, 0.15) is 32.6 Å². The number of rotatable bonds is 5. The summed E-state index contributed by atoms with van der Waals surface area (Å²) in [6.45, 7) is 2.75. The Morgan fingerprint density at radius 1 is 1.62 bits per heavy atom. The average Bonchev–Trinajstić information content (AvgIpc) is 2.83. The predicted molar refractivity (Wildman–Crippen MR) is 54.9 cm³/mol. The highest BCUT2D eigenvalue weighted by Gasteiger charge is 2.25. The predicted octanol–water partition coefficient (Wildman–Crippen LogP) is 2.26. The molecule has 1 atom stereocenters.